The van der Waals surface area contributed by atoms with Crippen LogP contribution in [-0.4, -0.2) is 9.97 Å². The Morgan fingerprint density at radius 2 is 0.947 bits per heavy atom. The summed E-state index contributed by atoms with van der Waals surface area (Å²) in [5.41, 5.74) is 17.5. The highest BCUT2D eigenvalue weighted by atomic mass is 16.3. The predicted octanol–water partition coefficient (Wildman–Crippen LogP) is 14.0. The van der Waals surface area contributed by atoms with Crippen molar-refractivity contribution >= 4 is 21.9 Å². The summed E-state index contributed by atoms with van der Waals surface area (Å²) in [5.74, 6) is 0.705. The van der Waals surface area contributed by atoms with Crippen LogP contribution in [0, 0.1) is 0 Å². The minimum Gasteiger partial charge on any atom is -0.456 e. The summed E-state index contributed by atoms with van der Waals surface area (Å²) in [4.78, 5) is 10.4. The van der Waals surface area contributed by atoms with Gasteiger partial charge in [0.15, 0.2) is 5.82 Å². The predicted molar refractivity (Wildman–Crippen MR) is 234 cm³/mol. The SMILES string of the molecule is CC1(c2ccccc2)c2ccccc2-c2ccc(-c3cc(-c4ccc(-c5cccc(-c6ccc7oc8ccccc8c7c6)c5)cc4)nc(-c4ccccc4)n3)cc21. The molecular weight excluding hydrogens is 693 g/mol. The van der Waals surface area contributed by atoms with Gasteiger partial charge >= 0.3 is 0 Å². The first-order valence-electron chi connectivity index (χ1n) is 19.5. The Morgan fingerprint density at radius 3 is 1.77 bits per heavy atom. The molecule has 1 aliphatic rings. The Morgan fingerprint density at radius 1 is 0.368 bits per heavy atom. The van der Waals surface area contributed by atoms with Crippen molar-refractivity contribution in [3.8, 4) is 67.3 Å². The number of nitrogens with zero attached hydrogens (tertiary/aromatic N) is 2. The van der Waals surface area contributed by atoms with E-state index in [4.69, 9.17) is 14.4 Å². The van der Waals surface area contributed by atoms with Gasteiger partial charge in [-0.1, -0.05) is 164 Å². The van der Waals surface area contributed by atoms with Gasteiger partial charge in [-0.05, 0) is 93.4 Å². The van der Waals surface area contributed by atoms with Crippen LogP contribution in [0.15, 0.2) is 205 Å². The fraction of sp³-hybridized carbons (Fsp3) is 0.0370. The molecule has 0 bridgehead atoms. The molecule has 1 atom stereocenters. The second kappa shape index (κ2) is 13.1. The van der Waals surface area contributed by atoms with Crippen LogP contribution in [-0.2, 0) is 5.41 Å². The van der Waals surface area contributed by atoms with Crippen LogP contribution < -0.4 is 0 Å². The van der Waals surface area contributed by atoms with Gasteiger partial charge in [-0.15, -0.1) is 0 Å². The molecule has 0 fully saturated rings. The number of rotatable bonds is 6. The van der Waals surface area contributed by atoms with E-state index in [-0.39, 0.29) is 5.41 Å². The van der Waals surface area contributed by atoms with E-state index in [9.17, 15) is 0 Å². The number of furan rings is 1. The minimum atomic E-state index is -0.297. The minimum absolute atomic E-state index is 0.297. The maximum absolute atomic E-state index is 6.09. The molecule has 11 rings (SSSR count). The maximum Gasteiger partial charge on any atom is 0.160 e. The third-order valence-electron chi connectivity index (χ3n) is 11.8. The lowest BCUT2D eigenvalue weighted by atomic mass is 9.74. The summed E-state index contributed by atoms with van der Waals surface area (Å²) in [7, 11) is 0. The Bertz CT molecular complexity index is 3130. The van der Waals surface area contributed by atoms with Gasteiger partial charge in [-0.25, -0.2) is 9.97 Å². The molecule has 2 heterocycles. The van der Waals surface area contributed by atoms with E-state index >= 15 is 0 Å². The molecule has 8 aromatic carbocycles. The lowest BCUT2D eigenvalue weighted by Crippen LogP contribution is -2.22. The molecular formula is C54H36N2O. The van der Waals surface area contributed by atoms with E-state index in [0.29, 0.717) is 5.82 Å². The van der Waals surface area contributed by atoms with Crippen LogP contribution in [0.4, 0.5) is 0 Å². The van der Waals surface area contributed by atoms with Gasteiger partial charge in [0.1, 0.15) is 11.2 Å². The van der Waals surface area contributed by atoms with Crippen molar-refractivity contribution < 1.29 is 4.42 Å². The van der Waals surface area contributed by atoms with Gasteiger partial charge < -0.3 is 4.42 Å². The van der Waals surface area contributed by atoms with Crippen molar-refractivity contribution in [2.75, 3.05) is 0 Å². The molecule has 0 saturated heterocycles. The Labute approximate surface area is 331 Å². The first kappa shape index (κ1) is 33.0. The van der Waals surface area contributed by atoms with Crippen LogP contribution in [0.2, 0.25) is 0 Å². The van der Waals surface area contributed by atoms with Crippen LogP contribution in [0.5, 0.6) is 0 Å². The Hall–Kier alpha value is -7.36. The van der Waals surface area contributed by atoms with Crippen molar-refractivity contribution in [3.05, 3.63) is 217 Å². The van der Waals surface area contributed by atoms with Crippen molar-refractivity contribution in [2.45, 2.75) is 12.3 Å². The molecule has 57 heavy (non-hydrogen) atoms. The molecule has 0 spiro atoms. The molecule has 1 aliphatic carbocycles. The average molecular weight is 729 g/mol. The van der Waals surface area contributed by atoms with Crippen molar-refractivity contribution in [2.24, 2.45) is 0 Å². The van der Waals surface area contributed by atoms with E-state index in [0.717, 1.165) is 72.3 Å². The zero-order valence-corrected chi connectivity index (χ0v) is 31.4. The molecule has 0 saturated carbocycles. The number of fused-ring (bicyclic) bond motifs is 6. The normalized spacial score (nSPS) is 14.5. The van der Waals surface area contributed by atoms with Crippen LogP contribution in [0.1, 0.15) is 23.6 Å². The maximum atomic E-state index is 6.09. The van der Waals surface area contributed by atoms with E-state index in [1.165, 1.54) is 27.8 Å². The van der Waals surface area contributed by atoms with Crippen molar-refractivity contribution in [3.63, 3.8) is 0 Å². The first-order chi connectivity index (χ1) is 28.1. The van der Waals surface area contributed by atoms with Crippen molar-refractivity contribution in [1.82, 2.24) is 9.97 Å². The zero-order valence-electron chi connectivity index (χ0n) is 31.4. The second-order valence-corrected chi connectivity index (χ2v) is 15.1. The molecule has 3 nitrogen and oxygen atoms in total. The fourth-order valence-electron chi connectivity index (χ4n) is 8.81. The van der Waals surface area contributed by atoms with E-state index in [1.54, 1.807) is 0 Å². The van der Waals surface area contributed by atoms with Gasteiger partial charge in [0.25, 0.3) is 0 Å². The number of hydrogen-bond donors (Lipinski definition) is 0. The quantitative estimate of drug-likeness (QED) is 0.171. The molecule has 0 aliphatic heterocycles. The smallest absolute Gasteiger partial charge is 0.160 e. The first-order valence-corrected chi connectivity index (χ1v) is 19.5. The van der Waals surface area contributed by atoms with Gasteiger partial charge in [0.2, 0.25) is 0 Å². The number of para-hydroxylation sites is 1. The molecule has 3 heteroatoms. The standard InChI is InChI=1S/C54H36N2O/c1-54(42-17-6-3-7-18-42)47-21-10-8-19-43(47)44-29-27-41(33-48(44)54)50-34-49(55-53(56-50)37-13-4-2-5-14-37)36-25-23-35(24-26-36)38-15-12-16-39(31-38)40-28-30-52-46(32-40)45-20-9-11-22-51(45)57-52/h2-34H,1H3. The Balaban J connectivity index is 0.977. The zero-order chi connectivity index (χ0) is 37.9. The summed E-state index contributed by atoms with van der Waals surface area (Å²) in [6, 6.07) is 71.1. The number of hydrogen-bond acceptors (Lipinski definition) is 3. The second-order valence-electron chi connectivity index (χ2n) is 15.1. The van der Waals surface area contributed by atoms with Gasteiger partial charge in [-0.3, -0.25) is 0 Å². The number of benzene rings is 8. The summed E-state index contributed by atoms with van der Waals surface area (Å²) >= 11 is 0. The lowest BCUT2D eigenvalue weighted by molar-refractivity contribution is 0.669. The molecule has 10 aromatic rings. The third kappa shape index (κ3) is 5.50. The highest BCUT2D eigenvalue weighted by Gasteiger charge is 2.40. The fourth-order valence-corrected chi connectivity index (χ4v) is 8.81. The largest absolute Gasteiger partial charge is 0.456 e. The number of aromatic nitrogens is 2. The van der Waals surface area contributed by atoms with E-state index in [2.05, 4.69) is 177 Å². The lowest BCUT2D eigenvalue weighted by Gasteiger charge is -2.28. The highest BCUT2D eigenvalue weighted by Crippen LogP contribution is 2.53. The van der Waals surface area contributed by atoms with Gasteiger partial charge in [0, 0.05) is 32.9 Å². The topological polar surface area (TPSA) is 38.9 Å². The molecule has 268 valence electrons. The van der Waals surface area contributed by atoms with Gasteiger partial charge in [0.05, 0.1) is 11.4 Å². The molecule has 0 radical (unpaired) electrons. The summed E-state index contributed by atoms with van der Waals surface area (Å²) in [6.45, 7) is 2.36. The van der Waals surface area contributed by atoms with Crippen LogP contribution in [0.3, 0.4) is 0 Å². The summed E-state index contributed by atoms with van der Waals surface area (Å²) < 4.78 is 6.09. The summed E-state index contributed by atoms with van der Waals surface area (Å²) in [6.07, 6.45) is 0. The molecule has 1 unspecified atom stereocenters. The summed E-state index contributed by atoms with van der Waals surface area (Å²) in [5, 5.41) is 2.27. The average Bonchev–Trinajstić information content (AvgIpc) is 3.79. The van der Waals surface area contributed by atoms with Gasteiger partial charge in [-0.2, -0.15) is 0 Å². The Kier molecular flexibility index (Phi) is 7.61. The molecule has 2 aromatic heterocycles. The monoisotopic (exact) mass is 728 g/mol. The van der Waals surface area contributed by atoms with Crippen molar-refractivity contribution in [1.29, 1.82) is 0 Å². The third-order valence-corrected chi connectivity index (χ3v) is 11.8. The molecule has 0 N–H and O–H groups in total. The molecule has 0 amide bonds. The van der Waals surface area contributed by atoms with Crippen LogP contribution >= 0.6 is 0 Å². The highest BCUT2D eigenvalue weighted by molar-refractivity contribution is 6.06. The van der Waals surface area contributed by atoms with E-state index < -0.39 is 0 Å². The van der Waals surface area contributed by atoms with Crippen LogP contribution in [0.25, 0.3) is 89.2 Å². The van der Waals surface area contributed by atoms with E-state index in [1.807, 2.05) is 30.3 Å².